The SMILES string of the molecule is CCNCCCS(=O)(=O)NCCCOC. The Hall–Kier alpha value is -0.170. The molecule has 0 aromatic heterocycles. The van der Waals surface area contributed by atoms with E-state index in [4.69, 9.17) is 4.74 Å². The van der Waals surface area contributed by atoms with Crippen LogP contribution >= 0.6 is 0 Å². The lowest BCUT2D eigenvalue weighted by atomic mass is 10.5. The largest absolute Gasteiger partial charge is 0.385 e. The van der Waals surface area contributed by atoms with E-state index in [1.165, 1.54) is 0 Å². The molecule has 0 saturated heterocycles. The number of sulfonamides is 1. The molecule has 0 fully saturated rings. The number of rotatable bonds is 10. The number of methoxy groups -OCH3 is 1. The van der Waals surface area contributed by atoms with Gasteiger partial charge >= 0.3 is 0 Å². The summed E-state index contributed by atoms with van der Waals surface area (Å²) in [7, 11) is -1.49. The number of ether oxygens (including phenoxy) is 1. The van der Waals surface area contributed by atoms with Crippen molar-refractivity contribution in [2.45, 2.75) is 19.8 Å². The molecule has 0 heterocycles. The van der Waals surface area contributed by atoms with Crippen molar-refractivity contribution in [3.05, 3.63) is 0 Å². The molecule has 5 nitrogen and oxygen atoms in total. The van der Waals surface area contributed by atoms with Crippen molar-refractivity contribution < 1.29 is 13.2 Å². The fourth-order valence-electron chi connectivity index (χ4n) is 1.08. The summed E-state index contributed by atoms with van der Waals surface area (Å²) in [6.07, 6.45) is 1.36. The first kappa shape index (κ1) is 14.8. The van der Waals surface area contributed by atoms with Gasteiger partial charge in [0.05, 0.1) is 5.75 Å². The second-order valence-corrected chi connectivity index (χ2v) is 5.19. The third-order valence-electron chi connectivity index (χ3n) is 1.86. The Labute approximate surface area is 92.6 Å². The Morgan fingerprint density at radius 1 is 1.20 bits per heavy atom. The van der Waals surface area contributed by atoms with Gasteiger partial charge in [0, 0.05) is 20.3 Å². The molecule has 0 unspecified atom stereocenters. The lowest BCUT2D eigenvalue weighted by Crippen LogP contribution is -2.29. The molecule has 6 heteroatoms. The highest BCUT2D eigenvalue weighted by Gasteiger charge is 2.07. The smallest absolute Gasteiger partial charge is 0.211 e. The third kappa shape index (κ3) is 10.1. The Morgan fingerprint density at radius 3 is 2.53 bits per heavy atom. The van der Waals surface area contributed by atoms with Gasteiger partial charge in [-0.05, 0) is 25.9 Å². The maximum absolute atomic E-state index is 11.4. The monoisotopic (exact) mass is 238 g/mol. The standard InChI is InChI=1S/C9H22N2O3S/c1-3-10-6-5-9-15(12,13)11-7-4-8-14-2/h10-11H,3-9H2,1-2H3. The molecular weight excluding hydrogens is 216 g/mol. The van der Waals surface area contributed by atoms with E-state index in [2.05, 4.69) is 10.0 Å². The quantitative estimate of drug-likeness (QED) is 0.523. The van der Waals surface area contributed by atoms with Crippen molar-refractivity contribution in [3.63, 3.8) is 0 Å². The topological polar surface area (TPSA) is 67.4 Å². The zero-order chi connectivity index (χ0) is 11.6. The van der Waals surface area contributed by atoms with Crippen molar-refractivity contribution in [1.82, 2.24) is 10.0 Å². The van der Waals surface area contributed by atoms with Crippen molar-refractivity contribution >= 4 is 10.0 Å². The molecule has 0 bridgehead atoms. The van der Waals surface area contributed by atoms with E-state index >= 15 is 0 Å². The fraction of sp³-hybridized carbons (Fsp3) is 1.00. The van der Waals surface area contributed by atoms with E-state index in [0.717, 1.165) is 13.1 Å². The highest BCUT2D eigenvalue weighted by molar-refractivity contribution is 7.89. The minimum Gasteiger partial charge on any atom is -0.385 e. The maximum atomic E-state index is 11.4. The van der Waals surface area contributed by atoms with Gasteiger partial charge in [0.1, 0.15) is 0 Å². The molecule has 0 atom stereocenters. The molecule has 2 N–H and O–H groups in total. The zero-order valence-corrected chi connectivity index (χ0v) is 10.4. The van der Waals surface area contributed by atoms with E-state index in [9.17, 15) is 8.42 Å². The van der Waals surface area contributed by atoms with Gasteiger partial charge in [-0.25, -0.2) is 13.1 Å². The van der Waals surface area contributed by atoms with Crippen LogP contribution in [0.3, 0.4) is 0 Å². The summed E-state index contributed by atoms with van der Waals surface area (Å²) in [5.41, 5.74) is 0. The Balaban J connectivity index is 3.50. The molecule has 0 radical (unpaired) electrons. The highest BCUT2D eigenvalue weighted by atomic mass is 32.2. The van der Waals surface area contributed by atoms with Gasteiger partial charge in [-0.1, -0.05) is 6.92 Å². The molecule has 0 aromatic rings. The molecule has 0 aliphatic carbocycles. The van der Waals surface area contributed by atoms with Crippen LogP contribution in [-0.4, -0.2) is 47.5 Å². The third-order valence-corrected chi connectivity index (χ3v) is 3.33. The van der Waals surface area contributed by atoms with Crippen LogP contribution in [0.15, 0.2) is 0 Å². The summed E-state index contributed by atoms with van der Waals surface area (Å²) in [6.45, 7) is 4.66. The molecule has 0 aliphatic heterocycles. The normalized spacial score (nSPS) is 11.9. The van der Waals surface area contributed by atoms with Crippen LogP contribution in [0.25, 0.3) is 0 Å². The Morgan fingerprint density at radius 2 is 1.93 bits per heavy atom. The van der Waals surface area contributed by atoms with E-state index in [1.807, 2.05) is 6.92 Å². The van der Waals surface area contributed by atoms with Crippen molar-refractivity contribution in [1.29, 1.82) is 0 Å². The molecule has 92 valence electrons. The van der Waals surface area contributed by atoms with Gasteiger partial charge in [0.2, 0.25) is 10.0 Å². The van der Waals surface area contributed by atoms with Gasteiger partial charge in [-0.15, -0.1) is 0 Å². The Kier molecular flexibility index (Phi) is 8.98. The second-order valence-electron chi connectivity index (χ2n) is 3.27. The van der Waals surface area contributed by atoms with Crippen LogP contribution in [0.2, 0.25) is 0 Å². The number of hydrogen-bond donors (Lipinski definition) is 2. The average molecular weight is 238 g/mol. The van der Waals surface area contributed by atoms with Gasteiger partial charge in [0.15, 0.2) is 0 Å². The van der Waals surface area contributed by atoms with E-state index in [0.29, 0.717) is 26.0 Å². The van der Waals surface area contributed by atoms with Crippen LogP contribution in [0.1, 0.15) is 19.8 Å². The predicted molar refractivity (Wildman–Crippen MR) is 61.4 cm³/mol. The average Bonchev–Trinajstić information content (AvgIpc) is 2.20. The molecule has 0 rings (SSSR count). The van der Waals surface area contributed by atoms with Crippen molar-refractivity contribution in [3.8, 4) is 0 Å². The molecule has 0 saturated carbocycles. The summed E-state index contributed by atoms with van der Waals surface area (Å²) in [5, 5.41) is 3.09. The van der Waals surface area contributed by atoms with E-state index in [1.54, 1.807) is 7.11 Å². The van der Waals surface area contributed by atoms with Gasteiger partial charge in [-0.2, -0.15) is 0 Å². The lowest BCUT2D eigenvalue weighted by Gasteiger charge is -2.06. The number of nitrogens with one attached hydrogen (secondary N) is 2. The summed E-state index contributed by atoms with van der Waals surface area (Å²) in [5.74, 6) is 0.187. The fourth-order valence-corrected chi connectivity index (χ4v) is 2.20. The summed E-state index contributed by atoms with van der Waals surface area (Å²) in [4.78, 5) is 0. The van der Waals surface area contributed by atoms with Gasteiger partial charge < -0.3 is 10.1 Å². The summed E-state index contributed by atoms with van der Waals surface area (Å²) >= 11 is 0. The minimum absolute atomic E-state index is 0.187. The first-order valence-electron chi connectivity index (χ1n) is 5.29. The minimum atomic E-state index is -3.09. The number of hydrogen-bond acceptors (Lipinski definition) is 4. The molecule has 0 spiro atoms. The zero-order valence-electron chi connectivity index (χ0n) is 9.58. The van der Waals surface area contributed by atoms with E-state index < -0.39 is 10.0 Å². The Bertz CT molecular complexity index is 212. The van der Waals surface area contributed by atoms with E-state index in [-0.39, 0.29) is 5.75 Å². The molecule has 0 aromatic carbocycles. The summed E-state index contributed by atoms with van der Waals surface area (Å²) in [6, 6.07) is 0. The summed E-state index contributed by atoms with van der Waals surface area (Å²) < 4.78 is 30.1. The first-order chi connectivity index (χ1) is 7.12. The van der Waals surface area contributed by atoms with Crippen LogP contribution < -0.4 is 10.0 Å². The van der Waals surface area contributed by atoms with Crippen LogP contribution in [0.5, 0.6) is 0 Å². The molecule has 0 amide bonds. The second kappa shape index (κ2) is 9.08. The van der Waals surface area contributed by atoms with Gasteiger partial charge in [-0.3, -0.25) is 0 Å². The van der Waals surface area contributed by atoms with Crippen LogP contribution in [0.4, 0.5) is 0 Å². The van der Waals surface area contributed by atoms with Crippen LogP contribution in [-0.2, 0) is 14.8 Å². The van der Waals surface area contributed by atoms with Crippen molar-refractivity contribution in [2.24, 2.45) is 0 Å². The predicted octanol–water partition coefficient (Wildman–Crippen LogP) is -0.0581. The first-order valence-corrected chi connectivity index (χ1v) is 6.94. The molecule has 0 aliphatic rings. The van der Waals surface area contributed by atoms with Gasteiger partial charge in [0.25, 0.3) is 0 Å². The molecular formula is C9H22N2O3S. The highest BCUT2D eigenvalue weighted by Crippen LogP contribution is 1.89. The van der Waals surface area contributed by atoms with Crippen LogP contribution in [0, 0.1) is 0 Å². The maximum Gasteiger partial charge on any atom is 0.211 e. The molecule has 15 heavy (non-hydrogen) atoms. The lowest BCUT2D eigenvalue weighted by molar-refractivity contribution is 0.196. The van der Waals surface area contributed by atoms with Crippen molar-refractivity contribution in [2.75, 3.05) is 39.1 Å².